The highest BCUT2D eigenvalue weighted by atomic mass is 19.1. The van der Waals surface area contributed by atoms with Crippen LogP contribution in [0.3, 0.4) is 0 Å². The van der Waals surface area contributed by atoms with Gasteiger partial charge in [0.2, 0.25) is 0 Å². The highest BCUT2D eigenvalue weighted by Gasteiger charge is 2.20. The van der Waals surface area contributed by atoms with Crippen LogP contribution in [0.15, 0.2) is 18.2 Å². The molecule has 2 N–H and O–H groups in total. The van der Waals surface area contributed by atoms with E-state index in [9.17, 15) is 9.50 Å². The number of benzene rings is 1. The zero-order chi connectivity index (χ0) is 11.5. The summed E-state index contributed by atoms with van der Waals surface area (Å²) in [6, 6.07) is 4.65. The molecule has 1 aromatic rings. The first-order valence-corrected chi connectivity index (χ1v) is 5.06. The van der Waals surface area contributed by atoms with E-state index < -0.39 is 5.60 Å². The maximum Gasteiger partial charge on any atom is 0.123 e. The maximum absolute atomic E-state index is 12.9. The molecule has 2 nitrogen and oxygen atoms in total. The lowest BCUT2D eigenvalue weighted by Gasteiger charge is -2.23. The lowest BCUT2D eigenvalue weighted by atomic mass is 9.93. The second kappa shape index (κ2) is 4.73. The summed E-state index contributed by atoms with van der Waals surface area (Å²) in [5, 5.41) is 12.9. The summed E-state index contributed by atoms with van der Waals surface area (Å²) in [6.45, 7) is 4.14. The standard InChI is InChI=1S/C12H18FNO/c1-9-6-11(13)5-4-10(9)7-12(2,15)8-14-3/h4-6,14-15H,7-8H2,1-3H3. The summed E-state index contributed by atoms with van der Waals surface area (Å²) in [6.07, 6.45) is 0.528. The monoisotopic (exact) mass is 211 g/mol. The maximum atomic E-state index is 12.9. The lowest BCUT2D eigenvalue weighted by molar-refractivity contribution is 0.0621. The Kier molecular flexibility index (Phi) is 3.83. The van der Waals surface area contributed by atoms with Crippen LogP contribution >= 0.6 is 0 Å². The molecule has 0 aliphatic carbocycles. The molecule has 3 heteroatoms. The van der Waals surface area contributed by atoms with Crippen LogP contribution < -0.4 is 5.32 Å². The van der Waals surface area contributed by atoms with Crippen molar-refractivity contribution in [2.24, 2.45) is 0 Å². The molecule has 1 unspecified atom stereocenters. The Hall–Kier alpha value is -0.930. The number of hydrogen-bond donors (Lipinski definition) is 2. The van der Waals surface area contributed by atoms with Crippen LogP contribution in [0.2, 0.25) is 0 Å². The third-order valence-corrected chi connectivity index (χ3v) is 2.43. The fourth-order valence-corrected chi connectivity index (χ4v) is 1.71. The molecule has 0 fully saturated rings. The number of aliphatic hydroxyl groups is 1. The summed E-state index contributed by atoms with van der Waals surface area (Å²) in [4.78, 5) is 0. The van der Waals surface area contributed by atoms with E-state index in [1.807, 2.05) is 6.92 Å². The third kappa shape index (κ3) is 3.61. The molecular formula is C12H18FNO. The first-order chi connectivity index (χ1) is 6.94. The summed E-state index contributed by atoms with van der Waals surface area (Å²) < 4.78 is 12.9. The Morgan fingerprint density at radius 2 is 2.13 bits per heavy atom. The predicted molar refractivity (Wildman–Crippen MR) is 59.4 cm³/mol. The quantitative estimate of drug-likeness (QED) is 0.793. The van der Waals surface area contributed by atoms with Crippen molar-refractivity contribution in [3.63, 3.8) is 0 Å². The van der Waals surface area contributed by atoms with Crippen molar-refractivity contribution >= 4 is 0 Å². The zero-order valence-corrected chi connectivity index (χ0v) is 9.47. The molecule has 1 atom stereocenters. The minimum absolute atomic E-state index is 0.232. The van der Waals surface area contributed by atoms with Crippen molar-refractivity contribution < 1.29 is 9.50 Å². The lowest BCUT2D eigenvalue weighted by Crippen LogP contribution is -2.38. The summed E-state index contributed by atoms with van der Waals surface area (Å²) in [5.74, 6) is -0.232. The van der Waals surface area contributed by atoms with Crippen LogP contribution in [-0.4, -0.2) is 24.3 Å². The van der Waals surface area contributed by atoms with E-state index >= 15 is 0 Å². The van der Waals surface area contributed by atoms with Crippen molar-refractivity contribution in [1.29, 1.82) is 0 Å². The van der Waals surface area contributed by atoms with Crippen LogP contribution in [0.25, 0.3) is 0 Å². The molecule has 0 spiro atoms. The number of aryl methyl sites for hydroxylation is 1. The van der Waals surface area contributed by atoms with Gasteiger partial charge in [0.25, 0.3) is 0 Å². The number of nitrogens with one attached hydrogen (secondary N) is 1. The molecule has 84 valence electrons. The van der Waals surface area contributed by atoms with E-state index in [0.717, 1.165) is 11.1 Å². The largest absolute Gasteiger partial charge is 0.389 e. The molecule has 0 saturated heterocycles. The molecule has 0 saturated carbocycles. The van der Waals surface area contributed by atoms with Crippen molar-refractivity contribution in [2.45, 2.75) is 25.9 Å². The van der Waals surface area contributed by atoms with Gasteiger partial charge >= 0.3 is 0 Å². The van der Waals surface area contributed by atoms with Crippen LogP contribution in [0, 0.1) is 12.7 Å². The predicted octanol–water partition coefficient (Wildman–Crippen LogP) is 1.65. The van der Waals surface area contributed by atoms with E-state index in [1.165, 1.54) is 12.1 Å². The Morgan fingerprint density at radius 3 is 2.67 bits per heavy atom. The Labute approximate surface area is 90.1 Å². The first-order valence-electron chi connectivity index (χ1n) is 5.06. The van der Waals surface area contributed by atoms with Gasteiger partial charge in [-0.05, 0) is 44.2 Å². The second-order valence-electron chi connectivity index (χ2n) is 4.27. The van der Waals surface area contributed by atoms with Crippen molar-refractivity contribution in [3.8, 4) is 0 Å². The SMILES string of the molecule is CNCC(C)(O)Cc1ccc(F)cc1C. The van der Waals surface area contributed by atoms with Gasteiger partial charge in [-0.3, -0.25) is 0 Å². The molecule has 0 heterocycles. The number of hydrogen-bond acceptors (Lipinski definition) is 2. The second-order valence-corrected chi connectivity index (χ2v) is 4.27. The molecule has 0 radical (unpaired) electrons. The normalized spacial score (nSPS) is 15.0. The van der Waals surface area contributed by atoms with Crippen LogP contribution in [0.4, 0.5) is 4.39 Å². The zero-order valence-electron chi connectivity index (χ0n) is 9.47. The molecule has 0 amide bonds. The fraction of sp³-hybridized carbons (Fsp3) is 0.500. The van der Waals surface area contributed by atoms with Crippen molar-refractivity contribution in [3.05, 3.63) is 35.1 Å². The highest BCUT2D eigenvalue weighted by molar-refractivity contribution is 5.27. The summed E-state index contributed by atoms with van der Waals surface area (Å²) in [5.41, 5.74) is 1.07. The minimum Gasteiger partial charge on any atom is -0.389 e. The summed E-state index contributed by atoms with van der Waals surface area (Å²) >= 11 is 0. The first kappa shape index (κ1) is 12.1. The molecule has 0 aliphatic heterocycles. The molecule has 0 aromatic heterocycles. The third-order valence-electron chi connectivity index (χ3n) is 2.43. The Balaban J connectivity index is 2.80. The van der Waals surface area contributed by atoms with Crippen molar-refractivity contribution in [1.82, 2.24) is 5.32 Å². The number of likely N-dealkylation sites (N-methyl/N-ethyl adjacent to an activating group) is 1. The molecule has 1 aromatic carbocycles. The van der Waals surface area contributed by atoms with Crippen LogP contribution in [0.5, 0.6) is 0 Å². The molecule has 15 heavy (non-hydrogen) atoms. The average Bonchev–Trinajstić information content (AvgIpc) is 2.09. The molecule has 1 rings (SSSR count). The van der Waals surface area contributed by atoms with E-state index in [4.69, 9.17) is 0 Å². The molecule has 0 bridgehead atoms. The van der Waals surface area contributed by atoms with Gasteiger partial charge in [0.05, 0.1) is 5.60 Å². The van der Waals surface area contributed by atoms with Gasteiger partial charge in [-0.1, -0.05) is 6.07 Å². The van der Waals surface area contributed by atoms with Gasteiger partial charge in [-0.2, -0.15) is 0 Å². The van der Waals surface area contributed by atoms with Gasteiger partial charge in [0.15, 0.2) is 0 Å². The van der Waals surface area contributed by atoms with Gasteiger partial charge in [0.1, 0.15) is 5.82 Å². The minimum atomic E-state index is -0.794. The Morgan fingerprint density at radius 1 is 1.47 bits per heavy atom. The van der Waals surface area contributed by atoms with Gasteiger partial charge in [-0.25, -0.2) is 4.39 Å². The topological polar surface area (TPSA) is 32.3 Å². The average molecular weight is 211 g/mol. The van der Waals surface area contributed by atoms with Crippen LogP contribution in [0.1, 0.15) is 18.1 Å². The van der Waals surface area contributed by atoms with E-state index in [2.05, 4.69) is 5.32 Å². The van der Waals surface area contributed by atoms with Crippen LogP contribution in [-0.2, 0) is 6.42 Å². The van der Waals surface area contributed by atoms with E-state index in [-0.39, 0.29) is 5.82 Å². The summed E-state index contributed by atoms with van der Waals surface area (Å²) in [7, 11) is 1.80. The number of halogens is 1. The van der Waals surface area contributed by atoms with Crippen molar-refractivity contribution in [2.75, 3.05) is 13.6 Å². The van der Waals surface area contributed by atoms with E-state index in [1.54, 1.807) is 20.0 Å². The number of rotatable bonds is 4. The highest BCUT2D eigenvalue weighted by Crippen LogP contribution is 2.17. The smallest absolute Gasteiger partial charge is 0.123 e. The molecular weight excluding hydrogens is 193 g/mol. The van der Waals surface area contributed by atoms with Gasteiger partial charge < -0.3 is 10.4 Å². The van der Waals surface area contributed by atoms with E-state index in [0.29, 0.717) is 13.0 Å². The van der Waals surface area contributed by atoms with Gasteiger partial charge in [-0.15, -0.1) is 0 Å². The molecule has 0 aliphatic rings. The Bertz CT molecular complexity index is 336. The van der Waals surface area contributed by atoms with Gasteiger partial charge in [0, 0.05) is 13.0 Å². The fourth-order valence-electron chi connectivity index (χ4n) is 1.71.